The Bertz CT molecular complexity index is 625. The normalized spacial score (nSPS) is 26.9. The fourth-order valence-corrected chi connectivity index (χ4v) is 6.33. The first-order valence-corrected chi connectivity index (χ1v) is 13.2. The van der Waals surface area contributed by atoms with E-state index in [0.29, 0.717) is 5.92 Å². The van der Waals surface area contributed by atoms with Crippen molar-refractivity contribution >= 4 is 0 Å². The SMILES string of the molecule is CCCCCCCCC1(O)CCN(C2(c3ccccc3)CCCCC2)CC1CN(C)C. The Balaban J connectivity index is 1.71. The molecule has 1 saturated carbocycles. The molecular formula is C28H48N2O. The highest BCUT2D eigenvalue weighted by molar-refractivity contribution is 5.26. The quantitative estimate of drug-likeness (QED) is 0.424. The third-order valence-corrected chi connectivity index (χ3v) is 8.16. The van der Waals surface area contributed by atoms with E-state index in [9.17, 15) is 5.11 Å². The molecule has 2 fully saturated rings. The van der Waals surface area contributed by atoms with Crippen molar-refractivity contribution in [1.82, 2.24) is 9.80 Å². The summed E-state index contributed by atoms with van der Waals surface area (Å²) in [5, 5.41) is 11.8. The number of likely N-dealkylation sites (tertiary alicyclic amines) is 1. The molecule has 0 amide bonds. The van der Waals surface area contributed by atoms with Gasteiger partial charge in [0, 0.05) is 31.1 Å². The van der Waals surface area contributed by atoms with Gasteiger partial charge in [-0.2, -0.15) is 0 Å². The molecule has 3 heteroatoms. The van der Waals surface area contributed by atoms with Crippen LogP contribution >= 0.6 is 0 Å². The lowest BCUT2D eigenvalue weighted by molar-refractivity contribution is -0.114. The smallest absolute Gasteiger partial charge is 0.0712 e. The first-order valence-electron chi connectivity index (χ1n) is 13.2. The molecule has 2 aliphatic rings. The van der Waals surface area contributed by atoms with E-state index in [1.165, 1.54) is 76.2 Å². The molecule has 176 valence electrons. The molecule has 1 heterocycles. The second-order valence-corrected chi connectivity index (χ2v) is 10.7. The summed E-state index contributed by atoms with van der Waals surface area (Å²) in [5.74, 6) is 0.328. The molecule has 1 N–H and O–H groups in total. The average molecular weight is 429 g/mol. The summed E-state index contributed by atoms with van der Waals surface area (Å²) in [6.07, 6.45) is 16.2. The molecule has 0 bridgehead atoms. The number of rotatable bonds is 11. The monoisotopic (exact) mass is 428 g/mol. The number of aliphatic hydroxyl groups is 1. The fourth-order valence-electron chi connectivity index (χ4n) is 6.33. The van der Waals surface area contributed by atoms with Gasteiger partial charge in [0.2, 0.25) is 0 Å². The summed E-state index contributed by atoms with van der Waals surface area (Å²) in [5.41, 5.74) is 1.17. The number of hydrogen-bond donors (Lipinski definition) is 1. The number of unbranched alkanes of at least 4 members (excludes halogenated alkanes) is 5. The Labute approximate surface area is 192 Å². The van der Waals surface area contributed by atoms with Crippen LogP contribution in [-0.2, 0) is 5.54 Å². The molecule has 0 radical (unpaired) electrons. The largest absolute Gasteiger partial charge is 0.389 e. The second-order valence-electron chi connectivity index (χ2n) is 10.7. The molecule has 3 nitrogen and oxygen atoms in total. The Morgan fingerprint density at radius 2 is 1.61 bits per heavy atom. The van der Waals surface area contributed by atoms with Gasteiger partial charge in [-0.3, -0.25) is 4.90 Å². The lowest BCUT2D eigenvalue weighted by atomic mass is 9.71. The Morgan fingerprint density at radius 3 is 2.29 bits per heavy atom. The van der Waals surface area contributed by atoms with E-state index in [2.05, 4.69) is 61.2 Å². The lowest BCUT2D eigenvalue weighted by Crippen LogP contribution is -2.60. The van der Waals surface area contributed by atoms with Crippen molar-refractivity contribution in [2.24, 2.45) is 5.92 Å². The Kier molecular flexibility index (Phi) is 9.43. The van der Waals surface area contributed by atoms with Gasteiger partial charge in [-0.1, -0.05) is 95.0 Å². The van der Waals surface area contributed by atoms with Crippen LogP contribution in [0.3, 0.4) is 0 Å². The van der Waals surface area contributed by atoms with Crippen LogP contribution in [0.15, 0.2) is 30.3 Å². The van der Waals surface area contributed by atoms with E-state index >= 15 is 0 Å². The minimum absolute atomic E-state index is 0.172. The maximum atomic E-state index is 11.8. The molecule has 31 heavy (non-hydrogen) atoms. The molecule has 1 aliphatic heterocycles. The summed E-state index contributed by atoms with van der Waals surface area (Å²) in [6.45, 7) is 5.31. The highest BCUT2D eigenvalue weighted by Crippen LogP contribution is 2.46. The van der Waals surface area contributed by atoms with E-state index in [0.717, 1.165) is 32.5 Å². The molecule has 0 aromatic heterocycles. The van der Waals surface area contributed by atoms with Crippen molar-refractivity contribution in [3.8, 4) is 0 Å². The summed E-state index contributed by atoms with van der Waals surface area (Å²) in [6, 6.07) is 11.3. The third kappa shape index (κ3) is 6.33. The highest BCUT2D eigenvalue weighted by Gasteiger charge is 2.47. The first kappa shape index (κ1) is 24.7. The number of nitrogens with zero attached hydrogens (tertiary/aromatic N) is 2. The molecule has 1 aromatic rings. The number of piperidine rings is 1. The number of hydrogen-bond acceptors (Lipinski definition) is 3. The van der Waals surface area contributed by atoms with E-state index < -0.39 is 5.60 Å². The molecular weight excluding hydrogens is 380 g/mol. The minimum Gasteiger partial charge on any atom is -0.389 e. The van der Waals surface area contributed by atoms with Crippen molar-refractivity contribution in [2.75, 3.05) is 33.7 Å². The van der Waals surface area contributed by atoms with Crippen LogP contribution in [0.4, 0.5) is 0 Å². The third-order valence-electron chi connectivity index (χ3n) is 8.16. The van der Waals surface area contributed by atoms with Crippen LogP contribution in [0.2, 0.25) is 0 Å². The average Bonchev–Trinajstić information content (AvgIpc) is 2.78. The molecule has 1 aromatic carbocycles. The van der Waals surface area contributed by atoms with Crippen LogP contribution in [0.1, 0.15) is 96.0 Å². The van der Waals surface area contributed by atoms with Crippen LogP contribution in [0.5, 0.6) is 0 Å². The van der Waals surface area contributed by atoms with Crippen LogP contribution < -0.4 is 0 Å². The first-order chi connectivity index (χ1) is 15.0. The zero-order chi connectivity index (χ0) is 22.2. The lowest BCUT2D eigenvalue weighted by Gasteiger charge is -2.54. The van der Waals surface area contributed by atoms with Gasteiger partial charge in [-0.25, -0.2) is 0 Å². The standard InChI is InChI=1S/C28H48N2O/c1-4-5-6-7-8-15-20-28(31)21-22-30(24-26(28)23-29(2)3)27(18-13-10-14-19-27)25-16-11-9-12-17-25/h9,11-12,16-17,26,31H,4-8,10,13-15,18-24H2,1-3H3. The van der Waals surface area contributed by atoms with Crippen molar-refractivity contribution in [3.63, 3.8) is 0 Å². The van der Waals surface area contributed by atoms with E-state index in [4.69, 9.17) is 0 Å². The van der Waals surface area contributed by atoms with Gasteiger partial charge < -0.3 is 10.0 Å². The van der Waals surface area contributed by atoms with Crippen molar-refractivity contribution in [1.29, 1.82) is 0 Å². The predicted octanol–water partition coefficient (Wildman–Crippen LogP) is 6.21. The summed E-state index contributed by atoms with van der Waals surface area (Å²) < 4.78 is 0. The Hall–Kier alpha value is -0.900. The van der Waals surface area contributed by atoms with Gasteiger partial charge >= 0.3 is 0 Å². The molecule has 1 aliphatic carbocycles. The highest BCUT2D eigenvalue weighted by atomic mass is 16.3. The van der Waals surface area contributed by atoms with Gasteiger partial charge in [0.1, 0.15) is 0 Å². The summed E-state index contributed by atoms with van der Waals surface area (Å²) in [4.78, 5) is 5.07. The fraction of sp³-hybridized carbons (Fsp3) is 0.786. The maximum Gasteiger partial charge on any atom is 0.0712 e. The van der Waals surface area contributed by atoms with E-state index in [1.54, 1.807) is 0 Å². The van der Waals surface area contributed by atoms with Gasteiger partial charge in [-0.15, -0.1) is 0 Å². The van der Waals surface area contributed by atoms with Gasteiger partial charge in [0.15, 0.2) is 0 Å². The van der Waals surface area contributed by atoms with Gasteiger partial charge in [-0.05, 0) is 45.3 Å². The van der Waals surface area contributed by atoms with Crippen molar-refractivity contribution in [3.05, 3.63) is 35.9 Å². The topological polar surface area (TPSA) is 26.7 Å². The van der Waals surface area contributed by atoms with E-state index in [-0.39, 0.29) is 5.54 Å². The van der Waals surface area contributed by atoms with Crippen LogP contribution in [-0.4, -0.2) is 54.2 Å². The summed E-state index contributed by atoms with van der Waals surface area (Å²) in [7, 11) is 4.33. The minimum atomic E-state index is -0.502. The maximum absolute atomic E-state index is 11.8. The van der Waals surface area contributed by atoms with E-state index in [1.807, 2.05) is 0 Å². The van der Waals surface area contributed by atoms with Crippen LogP contribution in [0.25, 0.3) is 0 Å². The second kappa shape index (κ2) is 11.8. The zero-order valence-corrected chi connectivity index (χ0v) is 20.6. The van der Waals surface area contributed by atoms with Crippen molar-refractivity contribution in [2.45, 2.75) is 102 Å². The number of benzene rings is 1. The molecule has 2 atom stereocenters. The molecule has 0 spiro atoms. The Morgan fingerprint density at radius 1 is 0.935 bits per heavy atom. The van der Waals surface area contributed by atoms with Crippen LogP contribution in [0, 0.1) is 5.92 Å². The summed E-state index contributed by atoms with van der Waals surface area (Å²) >= 11 is 0. The van der Waals surface area contributed by atoms with Gasteiger partial charge in [0.25, 0.3) is 0 Å². The predicted molar refractivity (Wildman–Crippen MR) is 132 cm³/mol. The molecule has 1 saturated heterocycles. The molecule has 2 unspecified atom stereocenters. The van der Waals surface area contributed by atoms with Gasteiger partial charge in [0.05, 0.1) is 5.60 Å². The molecule has 3 rings (SSSR count). The van der Waals surface area contributed by atoms with Crippen molar-refractivity contribution < 1.29 is 5.11 Å². The zero-order valence-electron chi connectivity index (χ0n) is 20.6.